The van der Waals surface area contributed by atoms with Gasteiger partial charge in [0.1, 0.15) is 0 Å². The Kier molecular flexibility index (Phi) is 3.62. The quantitative estimate of drug-likeness (QED) is 0.892. The van der Waals surface area contributed by atoms with Crippen molar-refractivity contribution in [3.63, 3.8) is 0 Å². The largest absolute Gasteiger partial charge is 0.326 e. The molecule has 5 heteroatoms. The number of carbonyl (C=O) groups excluding carboxylic acids is 2. The van der Waals surface area contributed by atoms with Crippen LogP contribution in [0.5, 0.6) is 0 Å². The molecule has 2 N–H and O–H groups in total. The zero-order valence-corrected chi connectivity index (χ0v) is 11.9. The molecule has 2 aromatic rings. The predicted octanol–water partition coefficient (Wildman–Crippen LogP) is 3.48. The molecule has 0 bridgehead atoms. The average molecular weight is 301 g/mol. The van der Waals surface area contributed by atoms with Crippen LogP contribution in [0.3, 0.4) is 0 Å². The summed E-state index contributed by atoms with van der Waals surface area (Å²) in [5.74, 6) is -0.169. The molecule has 106 valence electrons. The molecule has 0 saturated heterocycles. The summed E-state index contributed by atoms with van der Waals surface area (Å²) in [6, 6.07) is 12.2. The molecule has 1 aliphatic heterocycles. The van der Waals surface area contributed by atoms with Gasteiger partial charge in [-0.05, 0) is 54.4 Å². The monoisotopic (exact) mass is 300 g/mol. The molecule has 0 aromatic heterocycles. The summed E-state index contributed by atoms with van der Waals surface area (Å²) in [7, 11) is 0. The van der Waals surface area contributed by atoms with Gasteiger partial charge >= 0.3 is 0 Å². The Morgan fingerprint density at radius 1 is 1.10 bits per heavy atom. The second-order valence-electron chi connectivity index (χ2n) is 4.88. The van der Waals surface area contributed by atoms with E-state index in [1.54, 1.807) is 36.4 Å². The van der Waals surface area contributed by atoms with Crippen LogP contribution in [0, 0.1) is 0 Å². The molecule has 0 spiro atoms. The minimum Gasteiger partial charge on any atom is -0.326 e. The Bertz CT molecular complexity index is 711. The summed E-state index contributed by atoms with van der Waals surface area (Å²) in [5, 5.41) is 6.24. The molecule has 0 saturated carbocycles. The minimum atomic E-state index is -0.183. The van der Waals surface area contributed by atoms with E-state index in [0.717, 1.165) is 11.3 Å². The van der Waals surface area contributed by atoms with E-state index in [4.69, 9.17) is 11.6 Å². The molecule has 0 unspecified atom stereocenters. The highest BCUT2D eigenvalue weighted by Crippen LogP contribution is 2.24. The normalized spacial score (nSPS) is 13.3. The van der Waals surface area contributed by atoms with Gasteiger partial charge in [0.15, 0.2) is 0 Å². The van der Waals surface area contributed by atoms with Crippen molar-refractivity contribution in [1.82, 2.24) is 0 Å². The number of benzene rings is 2. The molecule has 0 fully saturated rings. The fourth-order valence-electron chi connectivity index (χ4n) is 2.26. The van der Waals surface area contributed by atoms with E-state index < -0.39 is 0 Å². The third-order valence-corrected chi connectivity index (χ3v) is 3.62. The number of amides is 2. The van der Waals surface area contributed by atoms with Gasteiger partial charge in [0.05, 0.1) is 0 Å². The van der Waals surface area contributed by atoms with Crippen LogP contribution < -0.4 is 10.6 Å². The number of halogens is 1. The fourth-order valence-corrected chi connectivity index (χ4v) is 2.39. The van der Waals surface area contributed by atoms with Crippen molar-refractivity contribution in [2.45, 2.75) is 12.8 Å². The summed E-state index contributed by atoms with van der Waals surface area (Å²) >= 11 is 5.81. The van der Waals surface area contributed by atoms with Crippen LogP contribution in [0.2, 0.25) is 5.02 Å². The van der Waals surface area contributed by atoms with Crippen LogP contribution in [0.1, 0.15) is 22.3 Å². The Balaban J connectivity index is 1.79. The van der Waals surface area contributed by atoms with Crippen molar-refractivity contribution in [3.05, 3.63) is 58.6 Å². The topological polar surface area (TPSA) is 58.2 Å². The van der Waals surface area contributed by atoms with Gasteiger partial charge in [-0.1, -0.05) is 11.6 Å². The number of hydrogen-bond acceptors (Lipinski definition) is 2. The van der Waals surface area contributed by atoms with Gasteiger partial charge < -0.3 is 10.6 Å². The maximum absolute atomic E-state index is 12.2. The number of fused-ring (bicyclic) bond motifs is 1. The second-order valence-corrected chi connectivity index (χ2v) is 5.32. The maximum atomic E-state index is 12.2. The molecule has 21 heavy (non-hydrogen) atoms. The van der Waals surface area contributed by atoms with E-state index in [2.05, 4.69) is 10.6 Å². The summed E-state index contributed by atoms with van der Waals surface area (Å²) < 4.78 is 0. The zero-order chi connectivity index (χ0) is 14.8. The number of hydrogen-bond donors (Lipinski definition) is 2. The van der Waals surface area contributed by atoms with E-state index in [9.17, 15) is 9.59 Å². The highest BCUT2D eigenvalue weighted by Gasteiger charge is 2.16. The highest BCUT2D eigenvalue weighted by atomic mass is 35.5. The van der Waals surface area contributed by atoms with Crippen molar-refractivity contribution in [2.75, 3.05) is 10.6 Å². The molecule has 0 aliphatic carbocycles. The molecule has 0 atom stereocenters. The van der Waals surface area contributed by atoms with Crippen molar-refractivity contribution < 1.29 is 9.59 Å². The lowest BCUT2D eigenvalue weighted by Gasteiger charge is -2.17. The maximum Gasteiger partial charge on any atom is 0.255 e. The van der Waals surface area contributed by atoms with Gasteiger partial charge in [-0.3, -0.25) is 9.59 Å². The van der Waals surface area contributed by atoms with Crippen LogP contribution in [0.25, 0.3) is 0 Å². The Hall–Kier alpha value is -2.33. The van der Waals surface area contributed by atoms with Crippen molar-refractivity contribution >= 4 is 34.8 Å². The molecule has 3 rings (SSSR count). The SMILES string of the molecule is O=C1CCc2cc(C(=O)Nc3ccc(Cl)cc3)ccc2N1. The van der Waals surface area contributed by atoms with Crippen LogP contribution >= 0.6 is 11.6 Å². The standard InChI is InChI=1S/C16H13ClN2O2/c17-12-3-5-13(6-4-12)18-16(21)11-1-7-14-10(9-11)2-8-15(20)19-14/h1,3-7,9H,2,8H2,(H,18,21)(H,19,20). The number of aryl methyl sites for hydroxylation is 1. The van der Waals surface area contributed by atoms with E-state index in [0.29, 0.717) is 29.1 Å². The first-order valence-electron chi connectivity index (χ1n) is 6.61. The highest BCUT2D eigenvalue weighted by molar-refractivity contribution is 6.30. The predicted molar refractivity (Wildman–Crippen MR) is 82.8 cm³/mol. The molecule has 0 radical (unpaired) electrons. The Labute approximate surface area is 127 Å². The minimum absolute atomic E-state index is 0.0147. The van der Waals surface area contributed by atoms with Crippen LogP contribution in [0.15, 0.2) is 42.5 Å². The third kappa shape index (κ3) is 3.06. The lowest BCUT2D eigenvalue weighted by Crippen LogP contribution is -2.20. The first-order chi connectivity index (χ1) is 10.1. The van der Waals surface area contributed by atoms with Crippen LogP contribution in [0.4, 0.5) is 11.4 Å². The number of carbonyl (C=O) groups is 2. The van der Waals surface area contributed by atoms with Gasteiger partial charge in [-0.2, -0.15) is 0 Å². The summed E-state index contributed by atoms with van der Waals surface area (Å²) in [5.41, 5.74) is 3.03. The molecule has 2 aromatic carbocycles. The fraction of sp³-hybridized carbons (Fsp3) is 0.125. The first kappa shape index (κ1) is 13.6. The zero-order valence-electron chi connectivity index (χ0n) is 11.2. The third-order valence-electron chi connectivity index (χ3n) is 3.37. The van der Waals surface area contributed by atoms with Gasteiger partial charge in [-0.25, -0.2) is 0 Å². The number of rotatable bonds is 2. The second kappa shape index (κ2) is 5.58. The van der Waals surface area contributed by atoms with E-state index in [-0.39, 0.29) is 11.8 Å². The molecule has 1 aliphatic rings. The lowest BCUT2D eigenvalue weighted by atomic mass is 10.00. The lowest BCUT2D eigenvalue weighted by molar-refractivity contribution is -0.116. The number of nitrogens with one attached hydrogen (secondary N) is 2. The average Bonchev–Trinajstić information content (AvgIpc) is 2.49. The smallest absolute Gasteiger partial charge is 0.255 e. The molecule has 1 heterocycles. The summed E-state index contributed by atoms with van der Waals surface area (Å²) in [4.78, 5) is 23.5. The van der Waals surface area contributed by atoms with Gasteiger partial charge in [-0.15, -0.1) is 0 Å². The van der Waals surface area contributed by atoms with Gasteiger partial charge in [0.2, 0.25) is 5.91 Å². The summed E-state index contributed by atoms with van der Waals surface area (Å²) in [6.45, 7) is 0. The molecule has 2 amide bonds. The van der Waals surface area contributed by atoms with E-state index >= 15 is 0 Å². The van der Waals surface area contributed by atoms with Crippen LogP contribution in [-0.4, -0.2) is 11.8 Å². The van der Waals surface area contributed by atoms with Gasteiger partial charge in [0.25, 0.3) is 5.91 Å². The van der Waals surface area contributed by atoms with Crippen molar-refractivity contribution in [2.24, 2.45) is 0 Å². The first-order valence-corrected chi connectivity index (χ1v) is 6.99. The molecule has 4 nitrogen and oxygen atoms in total. The molecular weight excluding hydrogens is 288 g/mol. The van der Waals surface area contributed by atoms with Crippen molar-refractivity contribution in [1.29, 1.82) is 0 Å². The van der Waals surface area contributed by atoms with E-state index in [1.165, 1.54) is 0 Å². The molecular formula is C16H13ClN2O2. The van der Waals surface area contributed by atoms with Crippen molar-refractivity contribution in [3.8, 4) is 0 Å². The Morgan fingerprint density at radius 2 is 1.86 bits per heavy atom. The van der Waals surface area contributed by atoms with Crippen LogP contribution in [-0.2, 0) is 11.2 Å². The van der Waals surface area contributed by atoms with Gasteiger partial charge in [0, 0.05) is 28.4 Å². The summed E-state index contributed by atoms with van der Waals surface area (Å²) in [6.07, 6.45) is 1.11. The van der Waals surface area contributed by atoms with E-state index in [1.807, 2.05) is 6.07 Å². The number of anilines is 2. The Morgan fingerprint density at radius 3 is 2.62 bits per heavy atom.